The quantitative estimate of drug-likeness (QED) is 0.666. The van der Waals surface area contributed by atoms with Gasteiger partial charge in [0, 0.05) is 39.1 Å². The Hall–Kier alpha value is -1.55. The predicted molar refractivity (Wildman–Crippen MR) is 102 cm³/mol. The zero-order valence-electron chi connectivity index (χ0n) is 15.2. The summed E-state index contributed by atoms with van der Waals surface area (Å²) in [5, 5.41) is 3.64. The second kappa shape index (κ2) is 8.52. The Balaban J connectivity index is 1.47. The van der Waals surface area contributed by atoms with Crippen LogP contribution in [0.1, 0.15) is 37.7 Å². The molecule has 132 valence electrons. The molecule has 0 aromatic heterocycles. The summed E-state index contributed by atoms with van der Waals surface area (Å²) >= 11 is 0. The molecule has 2 fully saturated rings. The number of nitrogens with one attached hydrogen (secondary N) is 1. The summed E-state index contributed by atoms with van der Waals surface area (Å²) in [4.78, 5) is 9.55. The first kappa shape index (κ1) is 17.3. The molecule has 4 heteroatoms. The van der Waals surface area contributed by atoms with E-state index in [-0.39, 0.29) is 0 Å². The molecule has 0 spiro atoms. The van der Waals surface area contributed by atoms with Gasteiger partial charge in [0.15, 0.2) is 5.96 Å². The van der Waals surface area contributed by atoms with E-state index in [9.17, 15) is 0 Å². The number of hydrogen-bond acceptors (Lipinski definition) is 2. The number of nitrogens with zero attached hydrogens (tertiary/aromatic N) is 3. The Morgan fingerprint density at radius 1 is 1.17 bits per heavy atom. The van der Waals surface area contributed by atoms with Crippen LogP contribution in [-0.4, -0.2) is 62.1 Å². The molecule has 1 aromatic rings. The third-order valence-corrected chi connectivity index (χ3v) is 5.43. The Morgan fingerprint density at radius 3 is 2.75 bits per heavy atom. The van der Waals surface area contributed by atoms with Crippen LogP contribution < -0.4 is 5.32 Å². The fraction of sp³-hybridized carbons (Fsp3) is 0.650. The lowest BCUT2D eigenvalue weighted by atomic mass is 9.99. The summed E-state index contributed by atoms with van der Waals surface area (Å²) in [6, 6.07) is 10.9. The maximum absolute atomic E-state index is 4.53. The average molecular weight is 329 g/mol. The van der Waals surface area contributed by atoms with Crippen LogP contribution in [0.4, 0.5) is 0 Å². The van der Waals surface area contributed by atoms with Crippen molar-refractivity contribution in [3.05, 3.63) is 35.9 Å². The van der Waals surface area contributed by atoms with Crippen molar-refractivity contribution >= 4 is 5.96 Å². The molecule has 2 atom stereocenters. The summed E-state index contributed by atoms with van der Waals surface area (Å²) in [6.07, 6.45) is 3.80. The minimum atomic E-state index is 0.635. The summed E-state index contributed by atoms with van der Waals surface area (Å²) < 4.78 is 0. The fourth-order valence-corrected chi connectivity index (χ4v) is 4.12. The Labute approximate surface area is 146 Å². The van der Waals surface area contributed by atoms with Crippen molar-refractivity contribution in [2.75, 3.05) is 46.3 Å². The topological polar surface area (TPSA) is 30.9 Å². The summed E-state index contributed by atoms with van der Waals surface area (Å²) in [5.74, 6) is 2.49. The number of aliphatic imine (C=N–C) groups is 1. The molecule has 2 unspecified atom stereocenters. The first-order chi connectivity index (χ1) is 11.8. The molecule has 0 aliphatic carbocycles. The zero-order valence-corrected chi connectivity index (χ0v) is 15.2. The maximum Gasteiger partial charge on any atom is 0.193 e. The van der Waals surface area contributed by atoms with E-state index >= 15 is 0 Å². The van der Waals surface area contributed by atoms with E-state index in [0.717, 1.165) is 31.5 Å². The van der Waals surface area contributed by atoms with E-state index in [0.29, 0.717) is 5.92 Å². The highest BCUT2D eigenvalue weighted by atomic mass is 15.3. The van der Waals surface area contributed by atoms with E-state index < -0.39 is 0 Å². The van der Waals surface area contributed by atoms with Crippen molar-refractivity contribution in [3.63, 3.8) is 0 Å². The minimum Gasteiger partial charge on any atom is -0.356 e. The van der Waals surface area contributed by atoms with Crippen LogP contribution in [0.3, 0.4) is 0 Å². The largest absolute Gasteiger partial charge is 0.356 e. The van der Waals surface area contributed by atoms with Crippen molar-refractivity contribution in [1.29, 1.82) is 0 Å². The highest BCUT2D eigenvalue weighted by Gasteiger charge is 2.27. The lowest BCUT2D eigenvalue weighted by molar-refractivity contribution is 0.324. The first-order valence-corrected chi connectivity index (χ1v) is 9.53. The van der Waals surface area contributed by atoms with Gasteiger partial charge in [0.1, 0.15) is 0 Å². The Morgan fingerprint density at radius 2 is 2.00 bits per heavy atom. The molecule has 2 saturated heterocycles. The van der Waals surface area contributed by atoms with Gasteiger partial charge >= 0.3 is 0 Å². The van der Waals surface area contributed by atoms with E-state index in [1.807, 2.05) is 7.05 Å². The number of hydrogen-bond donors (Lipinski definition) is 1. The summed E-state index contributed by atoms with van der Waals surface area (Å²) in [7, 11) is 1.91. The summed E-state index contributed by atoms with van der Waals surface area (Å²) in [6.45, 7) is 9.25. The maximum atomic E-state index is 4.53. The van der Waals surface area contributed by atoms with Gasteiger partial charge in [0.2, 0.25) is 0 Å². The third-order valence-electron chi connectivity index (χ3n) is 5.43. The zero-order chi connectivity index (χ0) is 16.8. The van der Waals surface area contributed by atoms with Crippen molar-refractivity contribution in [3.8, 4) is 0 Å². The lowest BCUT2D eigenvalue weighted by Gasteiger charge is -2.23. The molecular formula is C20H32N4. The van der Waals surface area contributed by atoms with E-state index in [4.69, 9.17) is 0 Å². The van der Waals surface area contributed by atoms with Gasteiger partial charge in [-0.3, -0.25) is 4.99 Å². The van der Waals surface area contributed by atoms with Crippen molar-refractivity contribution in [2.24, 2.45) is 10.9 Å². The molecular weight excluding hydrogens is 296 g/mol. The first-order valence-electron chi connectivity index (χ1n) is 9.53. The molecule has 3 rings (SSSR count). The van der Waals surface area contributed by atoms with Crippen LogP contribution in [0.2, 0.25) is 0 Å². The number of rotatable bonds is 5. The second-order valence-corrected chi connectivity index (χ2v) is 7.23. The molecule has 4 nitrogen and oxygen atoms in total. The van der Waals surface area contributed by atoms with Gasteiger partial charge in [-0.1, -0.05) is 37.3 Å². The van der Waals surface area contributed by atoms with Gasteiger partial charge in [-0.25, -0.2) is 0 Å². The number of likely N-dealkylation sites (tertiary alicyclic amines) is 2. The Bertz CT molecular complexity index is 528. The van der Waals surface area contributed by atoms with Crippen molar-refractivity contribution in [2.45, 2.75) is 32.1 Å². The molecule has 0 amide bonds. The second-order valence-electron chi connectivity index (χ2n) is 7.23. The van der Waals surface area contributed by atoms with Crippen LogP contribution in [0.15, 0.2) is 35.3 Å². The van der Waals surface area contributed by atoms with Gasteiger partial charge in [-0.2, -0.15) is 0 Å². The molecule has 0 bridgehead atoms. The number of guanidine groups is 1. The van der Waals surface area contributed by atoms with Crippen molar-refractivity contribution in [1.82, 2.24) is 15.1 Å². The third kappa shape index (κ3) is 4.29. The number of benzene rings is 1. The summed E-state index contributed by atoms with van der Waals surface area (Å²) in [5.41, 5.74) is 1.46. The minimum absolute atomic E-state index is 0.635. The van der Waals surface area contributed by atoms with Crippen LogP contribution in [0.25, 0.3) is 0 Å². The predicted octanol–water partition coefficient (Wildman–Crippen LogP) is 2.78. The van der Waals surface area contributed by atoms with E-state index in [1.54, 1.807) is 0 Å². The molecule has 1 N–H and O–H groups in total. The highest BCUT2D eigenvalue weighted by molar-refractivity contribution is 5.80. The van der Waals surface area contributed by atoms with Gasteiger partial charge in [-0.15, -0.1) is 0 Å². The fourth-order valence-electron chi connectivity index (χ4n) is 4.12. The molecule has 2 heterocycles. The average Bonchev–Trinajstić information content (AvgIpc) is 3.27. The molecule has 2 aliphatic rings. The SMILES string of the molecule is CCCN1CCC(CNC(=NC)N2CCC(c3ccccc3)C2)C1. The van der Waals surface area contributed by atoms with E-state index in [1.165, 1.54) is 44.5 Å². The lowest BCUT2D eigenvalue weighted by Crippen LogP contribution is -2.42. The molecule has 2 aliphatic heterocycles. The van der Waals surface area contributed by atoms with Crippen LogP contribution in [0, 0.1) is 5.92 Å². The smallest absolute Gasteiger partial charge is 0.193 e. The monoisotopic (exact) mass is 328 g/mol. The van der Waals surface area contributed by atoms with Gasteiger partial charge in [0.05, 0.1) is 0 Å². The van der Waals surface area contributed by atoms with Crippen LogP contribution in [0.5, 0.6) is 0 Å². The molecule has 1 aromatic carbocycles. The van der Waals surface area contributed by atoms with Gasteiger partial charge in [-0.05, 0) is 43.8 Å². The molecule has 0 saturated carbocycles. The van der Waals surface area contributed by atoms with Gasteiger partial charge < -0.3 is 15.1 Å². The highest BCUT2D eigenvalue weighted by Crippen LogP contribution is 2.27. The standard InChI is InChI=1S/C20H32N4/c1-3-11-23-12-9-17(15-23)14-22-20(21-2)24-13-10-19(16-24)18-7-5-4-6-8-18/h4-8,17,19H,3,9-16H2,1-2H3,(H,21,22). The molecule has 0 radical (unpaired) electrons. The van der Waals surface area contributed by atoms with Crippen LogP contribution in [-0.2, 0) is 0 Å². The Kier molecular flexibility index (Phi) is 6.13. The normalized spacial score (nSPS) is 25.4. The molecule has 24 heavy (non-hydrogen) atoms. The van der Waals surface area contributed by atoms with E-state index in [2.05, 4.69) is 57.4 Å². The van der Waals surface area contributed by atoms with Crippen LogP contribution >= 0.6 is 0 Å². The van der Waals surface area contributed by atoms with Crippen molar-refractivity contribution < 1.29 is 0 Å². The van der Waals surface area contributed by atoms with Gasteiger partial charge in [0.25, 0.3) is 0 Å².